The predicted octanol–water partition coefficient (Wildman–Crippen LogP) is 0.387. The highest BCUT2D eigenvalue weighted by molar-refractivity contribution is 5.79. The summed E-state index contributed by atoms with van der Waals surface area (Å²) in [6, 6.07) is 9.21. The number of nitrogens with zero attached hydrogens (tertiary/aromatic N) is 1. The van der Waals surface area contributed by atoms with Crippen LogP contribution in [0.2, 0.25) is 0 Å². The van der Waals surface area contributed by atoms with Crippen LogP contribution in [0.5, 0.6) is 0 Å². The van der Waals surface area contributed by atoms with Crippen molar-refractivity contribution >= 4 is 11.8 Å². The molecule has 0 saturated carbocycles. The lowest BCUT2D eigenvalue weighted by atomic mass is 10.0. The van der Waals surface area contributed by atoms with Gasteiger partial charge in [0.1, 0.15) is 6.10 Å². The zero-order valence-corrected chi connectivity index (χ0v) is 17.3. The Morgan fingerprint density at radius 1 is 1.17 bits per heavy atom. The maximum Gasteiger partial charge on any atom is 0.234 e. The average molecular weight is 418 g/mol. The standard InChI is InChI=1S/C22H31N3O5/c1-16(17-5-3-2-4-6-17)23-21(27)13-18-7-8-19(20(15-26)30-18)24-22(28)14-25-9-11-29-12-10-25/h2-8,16,18-20,26H,9-15H2,1H3,(H,23,27)(H,24,28)/t16-,18+,19-,20+/m0/s1. The Balaban J connectivity index is 1.47. The third-order valence-electron chi connectivity index (χ3n) is 5.33. The number of benzene rings is 1. The molecule has 1 fully saturated rings. The van der Waals surface area contributed by atoms with E-state index in [1.54, 1.807) is 12.2 Å². The highest BCUT2D eigenvalue weighted by atomic mass is 16.5. The second-order valence-corrected chi connectivity index (χ2v) is 7.67. The van der Waals surface area contributed by atoms with Gasteiger partial charge in [-0.15, -0.1) is 0 Å². The first-order valence-electron chi connectivity index (χ1n) is 10.4. The summed E-state index contributed by atoms with van der Waals surface area (Å²) in [5, 5.41) is 15.6. The molecule has 0 radical (unpaired) electrons. The number of aliphatic hydroxyl groups excluding tert-OH is 1. The van der Waals surface area contributed by atoms with Crippen LogP contribution >= 0.6 is 0 Å². The third kappa shape index (κ3) is 6.63. The Kier molecular flexibility index (Phi) is 8.39. The van der Waals surface area contributed by atoms with Gasteiger partial charge in [0, 0.05) is 13.1 Å². The van der Waals surface area contributed by atoms with Gasteiger partial charge in [0.25, 0.3) is 0 Å². The van der Waals surface area contributed by atoms with Gasteiger partial charge in [-0.1, -0.05) is 42.5 Å². The monoisotopic (exact) mass is 417 g/mol. The summed E-state index contributed by atoms with van der Waals surface area (Å²) in [5.41, 5.74) is 1.03. The molecule has 0 unspecified atom stereocenters. The number of rotatable bonds is 8. The fraction of sp³-hybridized carbons (Fsp3) is 0.545. The Morgan fingerprint density at radius 3 is 2.60 bits per heavy atom. The van der Waals surface area contributed by atoms with Crippen molar-refractivity contribution in [1.29, 1.82) is 0 Å². The first kappa shape index (κ1) is 22.4. The Bertz CT molecular complexity index is 721. The number of ether oxygens (including phenoxy) is 2. The molecule has 2 heterocycles. The summed E-state index contributed by atoms with van der Waals surface area (Å²) in [6.45, 7) is 4.69. The molecule has 0 aliphatic carbocycles. The van der Waals surface area contributed by atoms with Crippen LogP contribution in [0.3, 0.4) is 0 Å². The molecule has 1 saturated heterocycles. The highest BCUT2D eigenvalue weighted by Crippen LogP contribution is 2.17. The number of nitrogens with one attached hydrogen (secondary N) is 2. The quantitative estimate of drug-likeness (QED) is 0.529. The summed E-state index contributed by atoms with van der Waals surface area (Å²) in [6.07, 6.45) is 2.70. The normalized spacial score (nSPS) is 25.5. The zero-order valence-electron chi connectivity index (χ0n) is 17.3. The fourth-order valence-corrected chi connectivity index (χ4v) is 3.64. The lowest BCUT2D eigenvalue weighted by Gasteiger charge is -2.33. The molecule has 2 aliphatic rings. The zero-order chi connectivity index (χ0) is 21.3. The largest absolute Gasteiger partial charge is 0.394 e. The first-order chi connectivity index (χ1) is 14.5. The van der Waals surface area contributed by atoms with Gasteiger partial charge in [-0.05, 0) is 12.5 Å². The number of hydrogen-bond donors (Lipinski definition) is 3. The topological polar surface area (TPSA) is 100 Å². The van der Waals surface area contributed by atoms with Crippen LogP contribution in [0.1, 0.15) is 24.9 Å². The number of carbonyl (C=O) groups is 2. The number of amides is 2. The molecule has 8 heteroatoms. The minimum absolute atomic E-state index is 0.105. The van der Waals surface area contributed by atoms with Gasteiger partial charge >= 0.3 is 0 Å². The summed E-state index contributed by atoms with van der Waals surface area (Å²) in [5.74, 6) is -0.256. The van der Waals surface area contributed by atoms with E-state index in [2.05, 4.69) is 10.6 Å². The van der Waals surface area contributed by atoms with E-state index in [4.69, 9.17) is 9.47 Å². The van der Waals surface area contributed by atoms with Gasteiger partial charge in [-0.2, -0.15) is 0 Å². The lowest BCUT2D eigenvalue weighted by molar-refractivity contribution is -0.129. The average Bonchev–Trinajstić information content (AvgIpc) is 2.76. The molecular formula is C22H31N3O5. The van der Waals surface area contributed by atoms with Gasteiger partial charge in [0.05, 0.1) is 51.0 Å². The summed E-state index contributed by atoms with van der Waals surface area (Å²) in [7, 11) is 0. The van der Waals surface area contributed by atoms with Crippen molar-refractivity contribution in [3.8, 4) is 0 Å². The molecule has 2 amide bonds. The van der Waals surface area contributed by atoms with E-state index in [0.29, 0.717) is 13.2 Å². The van der Waals surface area contributed by atoms with Crippen LogP contribution in [0.15, 0.2) is 42.5 Å². The molecule has 3 rings (SSSR count). The summed E-state index contributed by atoms with van der Waals surface area (Å²) < 4.78 is 11.1. The molecule has 3 N–H and O–H groups in total. The minimum atomic E-state index is -0.590. The van der Waals surface area contributed by atoms with E-state index in [1.165, 1.54) is 0 Å². The minimum Gasteiger partial charge on any atom is -0.394 e. The van der Waals surface area contributed by atoms with Crippen molar-refractivity contribution in [2.24, 2.45) is 0 Å². The van der Waals surface area contributed by atoms with Crippen LogP contribution in [0.25, 0.3) is 0 Å². The number of aliphatic hydroxyl groups is 1. The van der Waals surface area contributed by atoms with E-state index >= 15 is 0 Å². The Morgan fingerprint density at radius 2 is 1.90 bits per heavy atom. The van der Waals surface area contributed by atoms with Crippen LogP contribution in [-0.2, 0) is 19.1 Å². The van der Waals surface area contributed by atoms with Crippen LogP contribution < -0.4 is 10.6 Å². The van der Waals surface area contributed by atoms with E-state index in [1.807, 2.05) is 42.2 Å². The van der Waals surface area contributed by atoms with Crippen LogP contribution in [0, 0.1) is 0 Å². The van der Waals surface area contributed by atoms with Gasteiger partial charge in [-0.3, -0.25) is 14.5 Å². The van der Waals surface area contributed by atoms with Gasteiger partial charge in [0.15, 0.2) is 0 Å². The number of morpholine rings is 1. The second kappa shape index (κ2) is 11.2. The van der Waals surface area contributed by atoms with Crippen molar-refractivity contribution in [2.75, 3.05) is 39.5 Å². The first-order valence-corrected chi connectivity index (χ1v) is 10.4. The number of hydrogen-bond acceptors (Lipinski definition) is 6. The van der Waals surface area contributed by atoms with Gasteiger partial charge in [0.2, 0.25) is 11.8 Å². The van der Waals surface area contributed by atoms with Crippen molar-refractivity contribution in [2.45, 2.75) is 37.6 Å². The molecule has 0 spiro atoms. The fourth-order valence-electron chi connectivity index (χ4n) is 3.64. The smallest absolute Gasteiger partial charge is 0.234 e. The SMILES string of the molecule is C[C@H](NC(=O)C[C@H]1C=C[C@H](NC(=O)CN2CCOCC2)[C@@H](CO)O1)c1ccccc1. The molecule has 1 aromatic rings. The predicted molar refractivity (Wildman–Crippen MR) is 112 cm³/mol. The second-order valence-electron chi connectivity index (χ2n) is 7.67. The van der Waals surface area contributed by atoms with E-state index in [0.717, 1.165) is 18.7 Å². The van der Waals surface area contributed by atoms with Crippen molar-refractivity contribution in [1.82, 2.24) is 15.5 Å². The maximum absolute atomic E-state index is 12.4. The third-order valence-corrected chi connectivity index (χ3v) is 5.33. The van der Waals surface area contributed by atoms with E-state index in [9.17, 15) is 14.7 Å². The lowest BCUT2D eigenvalue weighted by Crippen LogP contribution is -2.52. The molecule has 0 aromatic heterocycles. The highest BCUT2D eigenvalue weighted by Gasteiger charge is 2.29. The van der Waals surface area contributed by atoms with Crippen LogP contribution in [0.4, 0.5) is 0 Å². The van der Waals surface area contributed by atoms with E-state index < -0.39 is 18.2 Å². The molecule has 8 nitrogen and oxygen atoms in total. The van der Waals surface area contributed by atoms with Crippen molar-refractivity contribution in [3.63, 3.8) is 0 Å². The molecular weight excluding hydrogens is 386 g/mol. The molecule has 2 aliphatic heterocycles. The summed E-state index contributed by atoms with van der Waals surface area (Å²) in [4.78, 5) is 26.8. The number of carbonyl (C=O) groups excluding carboxylic acids is 2. The van der Waals surface area contributed by atoms with Crippen molar-refractivity contribution < 1.29 is 24.2 Å². The molecule has 4 atom stereocenters. The molecule has 0 bridgehead atoms. The Hall–Kier alpha value is -2.26. The Labute approximate surface area is 177 Å². The molecule has 30 heavy (non-hydrogen) atoms. The molecule has 164 valence electrons. The van der Waals surface area contributed by atoms with Gasteiger partial charge in [-0.25, -0.2) is 0 Å². The maximum atomic E-state index is 12.4. The van der Waals surface area contributed by atoms with Crippen molar-refractivity contribution in [3.05, 3.63) is 48.0 Å². The summed E-state index contributed by atoms with van der Waals surface area (Å²) >= 11 is 0. The van der Waals surface area contributed by atoms with Gasteiger partial charge < -0.3 is 25.2 Å². The molecule has 1 aromatic carbocycles. The van der Waals surface area contributed by atoms with E-state index in [-0.39, 0.29) is 37.4 Å². The van der Waals surface area contributed by atoms with Crippen LogP contribution in [-0.4, -0.2) is 79.5 Å².